The fourth-order valence-electron chi connectivity index (χ4n) is 1.86. The molecule has 2 rings (SSSR count). The Morgan fingerprint density at radius 2 is 2.00 bits per heavy atom. The van der Waals surface area contributed by atoms with Crippen LogP contribution in [0.4, 0.5) is 0 Å². The second kappa shape index (κ2) is 4.86. The molecule has 0 amide bonds. The van der Waals surface area contributed by atoms with Gasteiger partial charge in [-0.1, -0.05) is 17.7 Å². The first-order valence-corrected chi connectivity index (χ1v) is 5.81. The first-order valence-electron chi connectivity index (χ1n) is 5.43. The summed E-state index contributed by atoms with van der Waals surface area (Å²) in [5, 5.41) is 11.0. The van der Waals surface area contributed by atoms with Gasteiger partial charge in [0.15, 0.2) is 0 Å². The normalized spacial score (nSPS) is 12.5. The van der Waals surface area contributed by atoms with Crippen molar-refractivity contribution in [2.24, 2.45) is 0 Å². The van der Waals surface area contributed by atoms with Crippen LogP contribution in [0.5, 0.6) is 0 Å². The third-order valence-corrected chi connectivity index (χ3v) is 2.97. The smallest absolute Gasteiger partial charge is 0.106 e. The Morgan fingerprint density at radius 1 is 1.24 bits per heavy atom. The van der Waals surface area contributed by atoms with E-state index in [0.717, 1.165) is 22.3 Å². The second-order valence-corrected chi connectivity index (χ2v) is 4.63. The fourth-order valence-corrected chi connectivity index (χ4v) is 2.16. The zero-order valence-corrected chi connectivity index (χ0v) is 10.6. The third-order valence-electron chi connectivity index (χ3n) is 2.75. The molecule has 0 saturated heterocycles. The fraction of sp³-hybridized carbons (Fsp3) is 0.214. The van der Waals surface area contributed by atoms with Gasteiger partial charge in [-0.2, -0.15) is 0 Å². The number of benzene rings is 1. The molecule has 2 aromatic rings. The van der Waals surface area contributed by atoms with Crippen LogP contribution in [-0.4, -0.2) is 10.1 Å². The Balaban J connectivity index is 2.43. The maximum Gasteiger partial charge on any atom is 0.106 e. The largest absolute Gasteiger partial charge is 0.384 e. The van der Waals surface area contributed by atoms with Crippen molar-refractivity contribution in [1.82, 2.24) is 4.98 Å². The summed E-state index contributed by atoms with van der Waals surface area (Å²) in [5.74, 6) is 0. The van der Waals surface area contributed by atoms with Crippen LogP contribution < -0.4 is 0 Å². The highest BCUT2D eigenvalue weighted by molar-refractivity contribution is 6.30. The van der Waals surface area contributed by atoms with E-state index in [2.05, 4.69) is 4.98 Å². The van der Waals surface area contributed by atoms with E-state index in [1.807, 2.05) is 32.0 Å². The number of halogens is 1. The van der Waals surface area contributed by atoms with E-state index in [4.69, 9.17) is 11.6 Å². The summed E-state index contributed by atoms with van der Waals surface area (Å²) >= 11 is 5.99. The highest BCUT2D eigenvalue weighted by Crippen LogP contribution is 2.26. The number of aliphatic hydroxyl groups is 1. The first-order chi connectivity index (χ1) is 8.08. The number of hydrogen-bond acceptors (Lipinski definition) is 2. The zero-order chi connectivity index (χ0) is 12.4. The molecule has 1 aromatic carbocycles. The van der Waals surface area contributed by atoms with Crippen molar-refractivity contribution >= 4 is 11.6 Å². The van der Waals surface area contributed by atoms with E-state index in [1.165, 1.54) is 0 Å². The van der Waals surface area contributed by atoms with Crippen LogP contribution in [0.1, 0.15) is 28.4 Å². The molecule has 0 saturated carbocycles. The highest BCUT2D eigenvalue weighted by atomic mass is 35.5. The average molecular weight is 248 g/mol. The molecule has 1 aromatic heterocycles. The van der Waals surface area contributed by atoms with Gasteiger partial charge < -0.3 is 5.11 Å². The minimum absolute atomic E-state index is 0.639. The molecule has 1 N–H and O–H groups in total. The number of aromatic nitrogens is 1. The summed E-state index contributed by atoms with van der Waals surface area (Å²) < 4.78 is 0. The van der Waals surface area contributed by atoms with Gasteiger partial charge in [0.05, 0.1) is 0 Å². The van der Waals surface area contributed by atoms with E-state index in [0.29, 0.717) is 5.02 Å². The molecule has 2 nitrogen and oxygen atoms in total. The van der Waals surface area contributed by atoms with E-state index in [9.17, 15) is 5.11 Å². The highest BCUT2D eigenvalue weighted by Gasteiger charge is 2.13. The predicted molar refractivity (Wildman–Crippen MR) is 69.2 cm³/mol. The van der Waals surface area contributed by atoms with Gasteiger partial charge in [0.25, 0.3) is 0 Å². The van der Waals surface area contributed by atoms with Crippen molar-refractivity contribution in [3.05, 3.63) is 63.9 Å². The van der Waals surface area contributed by atoms with Crippen LogP contribution in [0.25, 0.3) is 0 Å². The summed E-state index contributed by atoms with van der Waals surface area (Å²) in [7, 11) is 0. The van der Waals surface area contributed by atoms with Crippen LogP contribution in [0, 0.1) is 13.8 Å². The SMILES string of the molecule is Cc1cc(Cl)cc(C(O)c2cnccc2C)c1. The van der Waals surface area contributed by atoms with Gasteiger partial charge in [0.1, 0.15) is 6.10 Å². The Kier molecular flexibility index (Phi) is 3.46. The summed E-state index contributed by atoms with van der Waals surface area (Å²) in [5.41, 5.74) is 3.67. The number of aryl methyl sites for hydroxylation is 2. The van der Waals surface area contributed by atoms with E-state index >= 15 is 0 Å². The summed E-state index contributed by atoms with van der Waals surface area (Å²) in [6.45, 7) is 3.91. The summed E-state index contributed by atoms with van der Waals surface area (Å²) in [4.78, 5) is 4.04. The topological polar surface area (TPSA) is 33.1 Å². The number of pyridine rings is 1. The monoisotopic (exact) mass is 247 g/mol. The van der Waals surface area contributed by atoms with Crippen LogP contribution in [0.3, 0.4) is 0 Å². The first kappa shape index (κ1) is 12.1. The molecule has 0 aliphatic heterocycles. The molecule has 0 aliphatic carbocycles. The molecule has 1 unspecified atom stereocenters. The molecule has 0 aliphatic rings. The van der Waals surface area contributed by atoms with Gasteiger partial charge in [-0.3, -0.25) is 4.98 Å². The van der Waals surface area contributed by atoms with E-state index < -0.39 is 6.10 Å². The minimum Gasteiger partial charge on any atom is -0.384 e. The van der Waals surface area contributed by atoms with Crippen molar-refractivity contribution in [3.8, 4) is 0 Å². The number of rotatable bonds is 2. The van der Waals surface area contributed by atoms with Gasteiger partial charge in [-0.05, 0) is 48.7 Å². The van der Waals surface area contributed by atoms with E-state index in [-0.39, 0.29) is 0 Å². The molecule has 0 spiro atoms. The molecule has 0 fully saturated rings. The lowest BCUT2D eigenvalue weighted by Gasteiger charge is -2.14. The number of nitrogens with zero attached hydrogens (tertiary/aromatic N) is 1. The Morgan fingerprint density at radius 3 is 2.65 bits per heavy atom. The molecular weight excluding hydrogens is 234 g/mol. The zero-order valence-electron chi connectivity index (χ0n) is 9.81. The maximum absolute atomic E-state index is 10.3. The molecule has 3 heteroatoms. The lowest BCUT2D eigenvalue weighted by Crippen LogP contribution is -2.03. The van der Waals surface area contributed by atoms with Crippen molar-refractivity contribution in [1.29, 1.82) is 0 Å². The summed E-state index contributed by atoms with van der Waals surface area (Å²) in [6.07, 6.45) is 2.73. The van der Waals surface area contributed by atoms with Crippen LogP contribution in [0.15, 0.2) is 36.7 Å². The van der Waals surface area contributed by atoms with Crippen molar-refractivity contribution in [2.75, 3.05) is 0 Å². The van der Waals surface area contributed by atoms with Crippen molar-refractivity contribution < 1.29 is 5.11 Å². The number of aliphatic hydroxyl groups excluding tert-OH is 1. The Bertz CT molecular complexity index is 519. The molecule has 0 radical (unpaired) electrons. The van der Waals surface area contributed by atoms with Gasteiger partial charge in [0, 0.05) is 23.0 Å². The molecular formula is C14H14ClNO. The van der Waals surface area contributed by atoms with Crippen LogP contribution in [-0.2, 0) is 0 Å². The lowest BCUT2D eigenvalue weighted by atomic mass is 9.98. The molecule has 1 heterocycles. The van der Waals surface area contributed by atoms with E-state index in [1.54, 1.807) is 18.5 Å². The van der Waals surface area contributed by atoms with Gasteiger partial charge in [-0.25, -0.2) is 0 Å². The third kappa shape index (κ3) is 2.65. The molecule has 17 heavy (non-hydrogen) atoms. The number of hydrogen-bond donors (Lipinski definition) is 1. The van der Waals surface area contributed by atoms with Crippen molar-refractivity contribution in [3.63, 3.8) is 0 Å². The van der Waals surface area contributed by atoms with Crippen LogP contribution in [0.2, 0.25) is 5.02 Å². The molecule has 0 bridgehead atoms. The van der Waals surface area contributed by atoms with Crippen molar-refractivity contribution in [2.45, 2.75) is 20.0 Å². The predicted octanol–water partition coefficient (Wildman–Crippen LogP) is 3.43. The quantitative estimate of drug-likeness (QED) is 0.882. The van der Waals surface area contributed by atoms with Gasteiger partial charge in [0.2, 0.25) is 0 Å². The maximum atomic E-state index is 10.3. The van der Waals surface area contributed by atoms with Gasteiger partial charge >= 0.3 is 0 Å². The summed E-state index contributed by atoms with van der Waals surface area (Å²) in [6, 6.07) is 7.47. The molecule has 1 atom stereocenters. The minimum atomic E-state index is -0.680. The van der Waals surface area contributed by atoms with Gasteiger partial charge in [-0.15, -0.1) is 0 Å². The average Bonchev–Trinajstić information content (AvgIpc) is 2.27. The Labute approximate surface area is 106 Å². The Hall–Kier alpha value is -1.38. The lowest BCUT2D eigenvalue weighted by molar-refractivity contribution is 0.219. The van der Waals surface area contributed by atoms with Crippen LogP contribution >= 0.6 is 11.6 Å². The second-order valence-electron chi connectivity index (χ2n) is 4.20. The molecule has 88 valence electrons. The standard InChI is InChI=1S/C14H14ClNO/c1-9-5-11(7-12(15)6-9)14(17)13-8-16-4-3-10(13)2/h3-8,14,17H,1-2H3.